The Hall–Kier alpha value is -9.13. The lowest BCUT2D eigenvalue weighted by molar-refractivity contribution is 0.278. The van der Waals surface area contributed by atoms with Crippen molar-refractivity contribution < 1.29 is 4.74 Å². The lowest BCUT2D eigenvalue weighted by Crippen LogP contribution is -2.23. The summed E-state index contributed by atoms with van der Waals surface area (Å²) in [6.07, 6.45) is 4.61. The smallest absolute Gasteiger partial charge is 0.238 e. The Morgan fingerprint density at radius 3 is 1.39 bits per heavy atom. The average molecular weight is 884 g/mol. The van der Waals surface area contributed by atoms with Crippen LogP contribution < -0.4 is 4.74 Å². The predicted octanol–water partition coefficient (Wildman–Crippen LogP) is 15.2. The Balaban J connectivity index is 1.04. The van der Waals surface area contributed by atoms with E-state index in [1.54, 1.807) is 0 Å². The third kappa shape index (κ3) is 6.37. The summed E-state index contributed by atoms with van der Waals surface area (Å²) in [4.78, 5) is 16.2. The van der Waals surface area contributed by atoms with E-state index in [0.717, 1.165) is 94.2 Å². The maximum Gasteiger partial charge on any atom is 0.238 e. The van der Waals surface area contributed by atoms with Crippen molar-refractivity contribution in [2.75, 3.05) is 0 Å². The minimum atomic E-state index is -0.154. The number of fused-ring (bicyclic) bond motifs is 10. The van der Waals surface area contributed by atoms with Gasteiger partial charge in [0.25, 0.3) is 0 Å². The van der Waals surface area contributed by atoms with E-state index in [9.17, 15) is 0 Å². The first kappa shape index (κ1) is 39.1. The van der Waals surface area contributed by atoms with Gasteiger partial charge in [0, 0.05) is 55.4 Å². The molecule has 0 saturated heterocycles. The predicted molar refractivity (Wildman–Crippen MR) is 281 cm³/mol. The zero-order valence-corrected chi connectivity index (χ0v) is 37.3. The Morgan fingerprint density at radius 2 is 0.812 bits per heavy atom. The number of ether oxygens (including phenoxy) is 1. The molecule has 0 fully saturated rings. The second-order valence-electron chi connectivity index (χ2n) is 17.9. The molecule has 1 aliphatic heterocycles. The van der Waals surface area contributed by atoms with E-state index in [1.165, 1.54) is 10.9 Å². The largest absolute Gasteiger partial charge is 0.484 e. The molecule has 1 aliphatic carbocycles. The zero-order chi connectivity index (χ0) is 45.4. The maximum absolute atomic E-state index is 6.81. The summed E-state index contributed by atoms with van der Waals surface area (Å²) in [5.41, 5.74) is 15.2. The fourth-order valence-corrected chi connectivity index (χ4v) is 10.7. The van der Waals surface area contributed by atoms with E-state index in [1.807, 2.05) is 12.1 Å². The normalized spacial score (nSPS) is 15.2. The van der Waals surface area contributed by atoms with Crippen LogP contribution in [-0.4, -0.2) is 30.2 Å². The van der Waals surface area contributed by atoms with Crippen molar-refractivity contribution in [3.8, 4) is 56.7 Å². The van der Waals surface area contributed by atoms with Crippen LogP contribution in [0.3, 0.4) is 0 Å². The fraction of sp³-hybridized carbons (Fsp3) is 0.0317. The molecular formula is C63H41N5O. The van der Waals surface area contributed by atoms with Crippen LogP contribution in [0, 0.1) is 0 Å². The molecule has 9 aromatic carbocycles. The van der Waals surface area contributed by atoms with Crippen LogP contribution in [0.15, 0.2) is 237 Å². The van der Waals surface area contributed by atoms with Crippen LogP contribution in [0.2, 0.25) is 0 Å². The quantitative estimate of drug-likeness (QED) is 0.160. The van der Waals surface area contributed by atoms with Crippen LogP contribution >= 0.6 is 0 Å². The number of para-hydroxylation sites is 3. The molecular weight excluding hydrogens is 843 g/mol. The van der Waals surface area contributed by atoms with E-state index in [0.29, 0.717) is 17.6 Å². The van der Waals surface area contributed by atoms with E-state index in [4.69, 9.17) is 19.7 Å². The molecule has 0 saturated carbocycles. The Bertz CT molecular complexity index is 3920. The second-order valence-corrected chi connectivity index (χ2v) is 17.9. The van der Waals surface area contributed by atoms with Gasteiger partial charge in [0.05, 0.1) is 22.1 Å². The van der Waals surface area contributed by atoms with Crippen molar-refractivity contribution in [3.63, 3.8) is 0 Å². The minimum Gasteiger partial charge on any atom is -0.484 e. The van der Waals surface area contributed by atoms with Crippen LogP contribution in [0.5, 0.6) is 5.75 Å². The molecule has 6 heteroatoms. The van der Waals surface area contributed by atoms with E-state index in [2.05, 4.69) is 234 Å². The first-order valence-electron chi connectivity index (χ1n) is 23.5. The van der Waals surface area contributed by atoms with Crippen molar-refractivity contribution in [1.82, 2.24) is 24.1 Å². The maximum atomic E-state index is 6.81. The SMILES string of the molecule is C1=C(c2ccccc2)C2Oc3ccccc3C2C=C1n1c2ccccc2c2ccc3c4ccccc4n(-c4nc(-c5ccc(-c6ccccc6)cc5)nc(-c5ccc(-c6ccccc6)cc5)n4)c3c21. The monoisotopic (exact) mass is 883 g/mol. The number of hydrogen-bond acceptors (Lipinski definition) is 4. The number of hydrogen-bond donors (Lipinski definition) is 0. The summed E-state index contributed by atoms with van der Waals surface area (Å²) < 4.78 is 11.6. The van der Waals surface area contributed by atoms with Crippen LogP contribution in [0.25, 0.3) is 106 Å². The molecule has 4 heterocycles. The highest BCUT2D eigenvalue weighted by Gasteiger charge is 2.39. The highest BCUT2D eigenvalue weighted by molar-refractivity contribution is 6.24. The molecule has 69 heavy (non-hydrogen) atoms. The molecule has 0 radical (unpaired) electrons. The highest BCUT2D eigenvalue weighted by Crippen LogP contribution is 2.50. The van der Waals surface area contributed by atoms with Crippen molar-refractivity contribution in [1.29, 1.82) is 0 Å². The molecule has 14 rings (SSSR count). The third-order valence-corrected chi connectivity index (χ3v) is 14.0. The molecule has 2 atom stereocenters. The van der Waals surface area contributed by atoms with Gasteiger partial charge in [-0.05, 0) is 58.2 Å². The number of rotatable bonds is 7. The Kier molecular flexibility index (Phi) is 8.92. The van der Waals surface area contributed by atoms with Crippen molar-refractivity contribution in [3.05, 3.63) is 248 Å². The zero-order valence-electron chi connectivity index (χ0n) is 37.3. The standard InChI is InChI=1S/C63H41N5O/c1-4-16-40(17-5-1)42-28-32-45(33-29-42)61-64-62(46-34-30-43(31-35-46)41-18-6-2-7-19-41)66-63(65-61)68-56-26-14-11-23-49(56)52-37-36-51-48-22-10-13-25-55(48)67(58(51)59(52)68)47-38-53(44-20-8-3-9-21-44)60-54(39-47)50-24-12-15-27-57(50)69-60/h1-39,54,60H. The van der Waals surface area contributed by atoms with Gasteiger partial charge in [-0.25, -0.2) is 4.98 Å². The van der Waals surface area contributed by atoms with Crippen molar-refractivity contribution in [2.24, 2.45) is 0 Å². The molecule has 0 N–H and O–H groups in total. The number of nitrogens with zero attached hydrogens (tertiary/aromatic N) is 5. The van der Waals surface area contributed by atoms with Gasteiger partial charge >= 0.3 is 0 Å². The lowest BCUT2D eigenvalue weighted by Gasteiger charge is -2.27. The summed E-state index contributed by atoms with van der Waals surface area (Å²) in [5.74, 6) is 2.67. The first-order valence-corrected chi connectivity index (χ1v) is 23.5. The molecule has 0 bridgehead atoms. The molecule has 324 valence electrons. The third-order valence-electron chi connectivity index (χ3n) is 14.0. The minimum absolute atomic E-state index is 0.00730. The van der Waals surface area contributed by atoms with Crippen LogP contribution in [0.4, 0.5) is 0 Å². The van der Waals surface area contributed by atoms with Crippen LogP contribution in [-0.2, 0) is 0 Å². The Morgan fingerprint density at radius 1 is 0.362 bits per heavy atom. The number of allylic oxidation sites excluding steroid dienone is 2. The van der Waals surface area contributed by atoms with E-state index in [-0.39, 0.29) is 12.0 Å². The summed E-state index contributed by atoms with van der Waals surface area (Å²) in [7, 11) is 0. The molecule has 6 nitrogen and oxygen atoms in total. The molecule has 0 spiro atoms. The molecule has 2 unspecified atom stereocenters. The summed E-state index contributed by atoms with van der Waals surface area (Å²) in [6, 6.07) is 79.1. The van der Waals surface area contributed by atoms with Gasteiger partial charge in [-0.2, -0.15) is 9.97 Å². The molecule has 0 amide bonds. The van der Waals surface area contributed by atoms with Gasteiger partial charge in [0.1, 0.15) is 11.9 Å². The first-order chi connectivity index (χ1) is 34.2. The molecule has 3 aromatic heterocycles. The van der Waals surface area contributed by atoms with Gasteiger partial charge in [-0.1, -0.05) is 206 Å². The van der Waals surface area contributed by atoms with Crippen molar-refractivity contribution >= 4 is 54.9 Å². The van der Waals surface area contributed by atoms with Gasteiger partial charge in [0.2, 0.25) is 5.95 Å². The Labute approximate surface area is 398 Å². The average Bonchev–Trinajstić information content (AvgIpc) is 4.09. The summed E-state index contributed by atoms with van der Waals surface area (Å²) in [5, 5.41) is 4.54. The van der Waals surface area contributed by atoms with Crippen molar-refractivity contribution in [2.45, 2.75) is 12.0 Å². The lowest BCUT2D eigenvalue weighted by atomic mass is 9.83. The van der Waals surface area contributed by atoms with E-state index >= 15 is 0 Å². The molecule has 12 aromatic rings. The van der Waals surface area contributed by atoms with Gasteiger partial charge in [-0.3, -0.25) is 4.57 Å². The van der Waals surface area contributed by atoms with Gasteiger partial charge in [-0.15, -0.1) is 0 Å². The molecule has 2 aliphatic rings. The van der Waals surface area contributed by atoms with Gasteiger partial charge < -0.3 is 9.30 Å². The van der Waals surface area contributed by atoms with E-state index < -0.39 is 0 Å². The van der Waals surface area contributed by atoms with Gasteiger partial charge in [0.15, 0.2) is 11.6 Å². The topological polar surface area (TPSA) is 57.8 Å². The summed E-state index contributed by atoms with van der Waals surface area (Å²) in [6.45, 7) is 0. The fourth-order valence-electron chi connectivity index (χ4n) is 10.7. The van der Waals surface area contributed by atoms with Crippen LogP contribution in [0.1, 0.15) is 17.0 Å². The number of aromatic nitrogens is 5. The summed E-state index contributed by atoms with van der Waals surface area (Å²) >= 11 is 0. The second kappa shape index (κ2) is 15.8. The number of benzene rings is 9. The highest BCUT2D eigenvalue weighted by atomic mass is 16.5.